The summed E-state index contributed by atoms with van der Waals surface area (Å²) in [4.78, 5) is 11.9. The van der Waals surface area contributed by atoms with Crippen molar-refractivity contribution in [2.75, 3.05) is 25.9 Å². The van der Waals surface area contributed by atoms with Gasteiger partial charge in [0.2, 0.25) is 11.8 Å². The molecule has 0 aliphatic carbocycles. The predicted molar refractivity (Wildman–Crippen MR) is 116 cm³/mol. The number of nitrogens with one attached hydrogen (secondary N) is 2. The number of halogens is 3. The van der Waals surface area contributed by atoms with Crippen LogP contribution in [0.25, 0.3) is 22.4 Å². The van der Waals surface area contributed by atoms with Crippen LogP contribution in [-0.4, -0.2) is 43.6 Å². The van der Waals surface area contributed by atoms with E-state index in [1.807, 2.05) is 0 Å². The van der Waals surface area contributed by atoms with Gasteiger partial charge in [-0.2, -0.15) is 31.3 Å². The van der Waals surface area contributed by atoms with Gasteiger partial charge in [0.25, 0.3) is 10.2 Å². The number of aromatic nitrogens is 3. The number of benzene rings is 1. The van der Waals surface area contributed by atoms with Crippen LogP contribution in [-0.2, 0) is 16.4 Å². The van der Waals surface area contributed by atoms with Gasteiger partial charge in [-0.1, -0.05) is 30.3 Å². The lowest BCUT2D eigenvalue weighted by Gasteiger charge is -2.17. The zero-order valence-electron chi connectivity index (χ0n) is 17.6. The fourth-order valence-corrected chi connectivity index (χ4v) is 3.48. The lowest BCUT2D eigenvalue weighted by atomic mass is 9.99. The maximum atomic E-state index is 13.4. The van der Waals surface area contributed by atoms with Crippen molar-refractivity contribution in [1.82, 2.24) is 24.4 Å². The Morgan fingerprint density at radius 1 is 1.06 bits per heavy atom. The maximum Gasteiger partial charge on any atom is 0.433 e. The standard InChI is InChI=1S/C20H21F3N6O3S/c1-12-10-14(11-15(27-12)20(21,22)23)16-17(13-6-4-3-5-7-13)28-19(24)29-18(16)32-9-8-26-33(30,31)25-2/h3-7,10-11,25-26H,8-9H2,1-2H3,(H2,24,28,29). The second-order valence-corrected chi connectivity index (χ2v) is 8.51. The van der Waals surface area contributed by atoms with Crippen molar-refractivity contribution in [3.05, 3.63) is 53.9 Å². The van der Waals surface area contributed by atoms with E-state index in [0.29, 0.717) is 5.56 Å². The fraction of sp³-hybridized carbons (Fsp3) is 0.250. The van der Waals surface area contributed by atoms with Gasteiger partial charge in [-0.3, -0.25) is 0 Å². The van der Waals surface area contributed by atoms with Gasteiger partial charge >= 0.3 is 6.18 Å². The third-order valence-corrected chi connectivity index (χ3v) is 5.50. The first-order valence-electron chi connectivity index (χ1n) is 9.60. The van der Waals surface area contributed by atoms with Crippen molar-refractivity contribution in [3.63, 3.8) is 0 Å². The van der Waals surface area contributed by atoms with Gasteiger partial charge < -0.3 is 10.5 Å². The lowest BCUT2D eigenvalue weighted by molar-refractivity contribution is -0.141. The van der Waals surface area contributed by atoms with Gasteiger partial charge in [0.1, 0.15) is 12.3 Å². The summed E-state index contributed by atoms with van der Waals surface area (Å²) in [6.07, 6.45) is -4.67. The zero-order valence-corrected chi connectivity index (χ0v) is 18.5. The highest BCUT2D eigenvalue weighted by Crippen LogP contribution is 2.39. The summed E-state index contributed by atoms with van der Waals surface area (Å²) in [6.45, 7) is 1.14. The molecule has 0 aliphatic rings. The molecule has 4 N–H and O–H groups in total. The Bertz CT molecular complexity index is 1240. The topological polar surface area (TPSA) is 132 Å². The first kappa shape index (κ1) is 24.4. The number of aryl methyl sites for hydroxylation is 1. The molecule has 0 saturated carbocycles. The molecule has 3 rings (SSSR count). The van der Waals surface area contributed by atoms with Crippen LogP contribution in [0.2, 0.25) is 0 Å². The molecule has 0 fully saturated rings. The second-order valence-electron chi connectivity index (χ2n) is 6.81. The van der Waals surface area contributed by atoms with Crippen LogP contribution in [0.15, 0.2) is 42.5 Å². The molecule has 3 aromatic rings. The molecule has 33 heavy (non-hydrogen) atoms. The molecule has 0 spiro atoms. The van der Waals surface area contributed by atoms with Gasteiger partial charge in [0.15, 0.2) is 0 Å². The number of nitrogens with two attached hydrogens (primary N) is 1. The summed E-state index contributed by atoms with van der Waals surface area (Å²) in [5.74, 6) is -0.256. The van der Waals surface area contributed by atoms with Crippen molar-refractivity contribution < 1.29 is 26.3 Å². The van der Waals surface area contributed by atoms with Crippen LogP contribution in [0.3, 0.4) is 0 Å². The van der Waals surface area contributed by atoms with Crippen molar-refractivity contribution in [1.29, 1.82) is 0 Å². The lowest BCUT2D eigenvalue weighted by Crippen LogP contribution is -2.36. The normalized spacial score (nSPS) is 12.0. The molecule has 0 saturated heterocycles. The summed E-state index contributed by atoms with van der Waals surface area (Å²) in [6, 6.07) is 11.0. The number of hydrogen-bond acceptors (Lipinski definition) is 7. The Balaban J connectivity index is 2.13. The molecule has 0 bridgehead atoms. The third-order valence-electron chi connectivity index (χ3n) is 4.37. The molecular weight excluding hydrogens is 461 g/mol. The number of anilines is 1. The van der Waals surface area contributed by atoms with Gasteiger partial charge in [-0.25, -0.2) is 14.7 Å². The van der Waals surface area contributed by atoms with E-state index in [2.05, 4.69) is 24.4 Å². The summed E-state index contributed by atoms with van der Waals surface area (Å²) in [5, 5.41) is 0. The van der Waals surface area contributed by atoms with Gasteiger partial charge in [-0.15, -0.1) is 0 Å². The average molecular weight is 482 g/mol. The molecular formula is C20H21F3N6O3S. The SMILES string of the molecule is CNS(=O)(=O)NCCOc1nc(N)nc(-c2ccccc2)c1-c1cc(C)nc(C(F)(F)F)c1. The van der Waals surface area contributed by atoms with Crippen LogP contribution < -0.4 is 19.9 Å². The van der Waals surface area contributed by atoms with Crippen molar-refractivity contribution >= 4 is 16.2 Å². The Labute approximate surface area is 188 Å². The number of nitrogens with zero attached hydrogens (tertiary/aromatic N) is 3. The molecule has 2 aromatic heterocycles. The predicted octanol–water partition coefficient (Wildman–Crippen LogP) is 2.55. The van der Waals surface area contributed by atoms with E-state index in [9.17, 15) is 21.6 Å². The smallest absolute Gasteiger partial charge is 0.433 e. The monoisotopic (exact) mass is 482 g/mol. The molecule has 0 aliphatic heterocycles. The molecule has 13 heteroatoms. The number of rotatable bonds is 8. The Morgan fingerprint density at radius 3 is 2.39 bits per heavy atom. The Hall–Kier alpha value is -3.29. The quantitative estimate of drug-likeness (QED) is 0.421. The van der Waals surface area contributed by atoms with Gasteiger partial charge in [-0.05, 0) is 24.6 Å². The van der Waals surface area contributed by atoms with E-state index >= 15 is 0 Å². The number of pyridine rings is 1. The minimum Gasteiger partial charge on any atom is -0.476 e. The van der Waals surface area contributed by atoms with E-state index in [0.717, 1.165) is 6.07 Å². The van der Waals surface area contributed by atoms with E-state index < -0.39 is 22.1 Å². The Kier molecular flexibility index (Phi) is 7.15. The first-order chi connectivity index (χ1) is 15.5. The molecule has 0 atom stereocenters. The molecule has 0 radical (unpaired) electrons. The fourth-order valence-electron chi connectivity index (χ4n) is 2.98. The molecule has 2 heterocycles. The number of ether oxygens (including phenoxy) is 1. The Morgan fingerprint density at radius 2 is 1.76 bits per heavy atom. The van der Waals surface area contributed by atoms with E-state index in [1.165, 1.54) is 20.0 Å². The minimum absolute atomic E-state index is 0.0938. The van der Waals surface area contributed by atoms with Crippen LogP contribution in [0.4, 0.5) is 19.1 Å². The maximum absolute atomic E-state index is 13.4. The molecule has 9 nitrogen and oxygen atoms in total. The van der Waals surface area contributed by atoms with Crippen molar-refractivity contribution in [2.24, 2.45) is 0 Å². The first-order valence-corrected chi connectivity index (χ1v) is 11.1. The molecule has 0 amide bonds. The van der Waals surface area contributed by atoms with Gasteiger partial charge in [0, 0.05) is 24.8 Å². The largest absolute Gasteiger partial charge is 0.476 e. The average Bonchev–Trinajstić information content (AvgIpc) is 2.76. The van der Waals surface area contributed by atoms with Gasteiger partial charge in [0.05, 0.1) is 11.3 Å². The number of hydrogen-bond donors (Lipinski definition) is 3. The highest BCUT2D eigenvalue weighted by atomic mass is 32.2. The highest BCUT2D eigenvalue weighted by molar-refractivity contribution is 7.87. The van der Waals surface area contributed by atoms with Crippen molar-refractivity contribution in [3.8, 4) is 28.3 Å². The number of alkyl halides is 3. The van der Waals surface area contributed by atoms with Crippen molar-refractivity contribution in [2.45, 2.75) is 13.1 Å². The summed E-state index contributed by atoms with van der Waals surface area (Å²) in [7, 11) is -2.46. The molecule has 1 aromatic carbocycles. The van der Waals surface area contributed by atoms with Crippen LogP contribution >= 0.6 is 0 Å². The van der Waals surface area contributed by atoms with E-state index in [1.54, 1.807) is 30.3 Å². The minimum atomic E-state index is -4.67. The summed E-state index contributed by atoms with van der Waals surface area (Å²) in [5.41, 5.74) is 6.02. The summed E-state index contributed by atoms with van der Waals surface area (Å²) < 4.78 is 73.3. The van der Waals surface area contributed by atoms with Crippen LogP contribution in [0, 0.1) is 6.92 Å². The van der Waals surface area contributed by atoms with Crippen LogP contribution in [0.5, 0.6) is 5.88 Å². The third kappa shape index (κ3) is 6.15. The summed E-state index contributed by atoms with van der Waals surface area (Å²) >= 11 is 0. The molecule has 176 valence electrons. The van der Waals surface area contributed by atoms with Crippen LogP contribution in [0.1, 0.15) is 11.4 Å². The zero-order chi connectivity index (χ0) is 24.2. The highest BCUT2D eigenvalue weighted by Gasteiger charge is 2.33. The second kappa shape index (κ2) is 9.68. The van der Waals surface area contributed by atoms with E-state index in [4.69, 9.17) is 10.5 Å². The number of nitrogen functional groups attached to an aromatic ring is 1. The van der Waals surface area contributed by atoms with E-state index in [-0.39, 0.29) is 47.5 Å². The molecule has 0 unspecified atom stereocenters.